The molecule has 2 aliphatic carbocycles. The molecule has 0 amide bonds. The maximum absolute atomic E-state index is 12.6. The Bertz CT molecular complexity index is 1310. The molecule has 0 atom stereocenters. The second-order valence-corrected chi connectivity index (χ2v) is 8.31. The summed E-state index contributed by atoms with van der Waals surface area (Å²) in [5.41, 5.74) is 8.30. The number of nitrogens with one attached hydrogen (secondary N) is 2. The topological polar surface area (TPSA) is 92.9 Å². The molecule has 2 N–H and O–H groups in total. The minimum atomic E-state index is -0.171. The fourth-order valence-corrected chi connectivity index (χ4v) is 4.90. The van der Waals surface area contributed by atoms with Crippen LogP contribution in [0.2, 0.25) is 0 Å². The molecule has 152 valence electrons. The molecule has 1 aromatic carbocycles. The van der Waals surface area contributed by atoms with Gasteiger partial charge in [-0.2, -0.15) is 14.6 Å². The van der Waals surface area contributed by atoms with Gasteiger partial charge in [0.25, 0.3) is 11.3 Å². The smallest absolute Gasteiger partial charge is 0.274 e. The van der Waals surface area contributed by atoms with Gasteiger partial charge in [-0.05, 0) is 66.8 Å². The van der Waals surface area contributed by atoms with Crippen molar-refractivity contribution in [1.29, 1.82) is 0 Å². The quantitative estimate of drug-likeness (QED) is 0.548. The molecule has 3 heterocycles. The minimum absolute atomic E-state index is 0.171. The van der Waals surface area contributed by atoms with E-state index in [0.29, 0.717) is 23.8 Å². The van der Waals surface area contributed by atoms with Gasteiger partial charge in [0.15, 0.2) is 0 Å². The highest BCUT2D eigenvalue weighted by Crippen LogP contribution is 2.39. The first-order valence-corrected chi connectivity index (χ1v) is 10.5. The molecule has 0 saturated carbocycles. The number of aromatic amines is 1. The maximum atomic E-state index is 12.6. The molecule has 4 aromatic rings. The Kier molecular flexibility index (Phi) is 3.81. The van der Waals surface area contributed by atoms with Crippen LogP contribution in [0.4, 0.5) is 11.6 Å². The van der Waals surface area contributed by atoms with Crippen LogP contribution in [0.5, 0.6) is 0 Å². The number of hydrogen-bond acceptors (Lipinski definition) is 5. The van der Waals surface area contributed by atoms with Crippen LogP contribution in [-0.2, 0) is 39.2 Å². The van der Waals surface area contributed by atoms with E-state index in [4.69, 9.17) is 0 Å². The van der Waals surface area contributed by atoms with Crippen molar-refractivity contribution < 1.29 is 0 Å². The van der Waals surface area contributed by atoms with Crippen LogP contribution in [0.3, 0.4) is 0 Å². The largest absolute Gasteiger partial charge is 0.324 e. The van der Waals surface area contributed by atoms with Crippen LogP contribution in [0.15, 0.2) is 29.2 Å². The lowest BCUT2D eigenvalue weighted by molar-refractivity contribution is 0.746. The molecule has 0 bridgehead atoms. The van der Waals surface area contributed by atoms with E-state index in [1.165, 1.54) is 45.3 Å². The predicted octanol–water partition coefficient (Wildman–Crippen LogP) is 2.46. The zero-order chi connectivity index (χ0) is 20.2. The van der Waals surface area contributed by atoms with E-state index < -0.39 is 0 Å². The zero-order valence-electron chi connectivity index (χ0n) is 16.9. The summed E-state index contributed by atoms with van der Waals surface area (Å²) in [5, 5.41) is 11.0. The van der Waals surface area contributed by atoms with Crippen LogP contribution in [0.1, 0.15) is 46.5 Å². The Balaban J connectivity index is 1.38. The summed E-state index contributed by atoms with van der Waals surface area (Å²) >= 11 is 0. The second kappa shape index (κ2) is 6.55. The third-order valence-electron chi connectivity index (χ3n) is 6.23. The van der Waals surface area contributed by atoms with Gasteiger partial charge in [0.1, 0.15) is 0 Å². The molecule has 8 nitrogen and oxygen atoms in total. The number of hydrogen-bond donors (Lipinski definition) is 2. The first-order valence-electron chi connectivity index (χ1n) is 10.5. The van der Waals surface area contributed by atoms with E-state index >= 15 is 0 Å². The van der Waals surface area contributed by atoms with Crippen LogP contribution < -0.4 is 10.9 Å². The highest BCUT2D eigenvalue weighted by atomic mass is 16.1. The van der Waals surface area contributed by atoms with Gasteiger partial charge >= 0.3 is 0 Å². The summed E-state index contributed by atoms with van der Waals surface area (Å²) < 4.78 is 3.14. The summed E-state index contributed by atoms with van der Waals surface area (Å²) in [5.74, 6) is 0.934. The Morgan fingerprint density at radius 3 is 2.50 bits per heavy atom. The van der Waals surface area contributed by atoms with E-state index in [9.17, 15) is 4.79 Å². The second-order valence-electron chi connectivity index (χ2n) is 8.31. The van der Waals surface area contributed by atoms with Gasteiger partial charge in [-0.25, -0.2) is 4.98 Å². The normalized spacial score (nSPS) is 15.0. The summed E-state index contributed by atoms with van der Waals surface area (Å²) in [4.78, 5) is 21.8. The molecule has 0 aliphatic heterocycles. The lowest BCUT2D eigenvalue weighted by Gasteiger charge is -2.15. The van der Waals surface area contributed by atoms with Crippen LogP contribution in [-0.4, -0.2) is 29.4 Å². The fourth-order valence-electron chi connectivity index (χ4n) is 4.90. The number of anilines is 2. The average molecular weight is 401 g/mol. The fraction of sp³-hybridized carbons (Fsp3) is 0.364. The number of benzene rings is 1. The minimum Gasteiger partial charge on any atom is -0.324 e. The van der Waals surface area contributed by atoms with Gasteiger partial charge in [0.05, 0.1) is 11.4 Å². The lowest BCUT2D eigenvalue weighted by Crippen LogP contribution is -2.16. The first-order chi connectivity index (χ1) is 14.6. The van der Waals surface area contributed by atoms with Gasteiger partial charge in [0.2, 0.25) is 5.95 Å². The molecule has 0 fully saturated rings. The van der Waals surface area contributed by atoms with Crippen molar-refractivity contribution in [2.75, 3.05) is 5.32 Å². The molecule has 3 aromatic heterocycles. The highest BCUT2D eigenvalue weighted by molar-refractivity contribution is 5.70. The van der Waals surface area contributed by atoms with Crippen molar-refractivity contribution in [1.82, 2.24) is 29.4 Å². The number of aryl methyl sites for hydroxylation is 3. The van der Waals surface area contributed by atoms with E-state index in [2.05, 4.69) is 31.5 Å². The van der Waals surface area contributed by atoms with Gasteiger partial charge in [-0.15, -0.1) is 0 Å². The van der Waals surface area contributed by atoms with Crippen LogP contribution in [0, 0.1) is 0 Å². The zero-order valence-corrected chi connectivity index (χ0v) is 16.9. The number of rotatable bonds is 4. The number of aromatic nitrogens is 6. The molecule has 30 heavy (non-hydrogen) atoms. The van der Waals surface area contributed by atoms with Crippen molar-refractivity contribution in [3.8, 4) is 0 Å². The van der Waals surface area contributed by atoms with Gasteiger partial charge in [-0.1, -0.05) is 6.07 Å². The van der Waals surface area contributed by atoms with E-state index in [-0.39, 0.29) is 5.56 Å². The van der Waals surface area contributed by atoms with Crippen LogP contribution >= 0.6 is 0 Å². The first kappa shape index (κ1) is 17.4. The molecule has 0 radical (unpaired) electrons. The molecule has 0 unspecified atom stereocenters. The van der Waals surface area contributed by atoms with Gasteiger partial charge in [-0.3, -0.25) is 14.6 Å². The Hall–Kier alpha value is -3.42. The summed E-state index contributed by atoms with van der Waals surface area (Å²) in [6, 6.07) is 5.88. The van der Waals surface area contributed by atoms with Crippen molar-refractivity contribution in [3.63, 3.8) is 0 Å². The molecule has 0 spiro atoms. The van der Waals surface area contributed by atoms with E-state index in [1.54, 1.807) is 10.7 Å². The standard InChI is InChI=1S/C22H23N7O/c1-28-9-8-15(26-28)11-16-12-19(30)29-22(23-16)25-21(27-29)24-20-17-6-2-4-13(17)10-14-5-3-7-18(14)20/h8-10,12H,2-7,11H2,1H3,(H2,23,24,25,27). The number of nitrogens with zero attached hydrogens (tertiary/aromatic N) is 5. The van der Waals surface area contributed by atoms with Crippen molar-refractivity contribution in [3.05, 3.63) is 68.4 Å². The predicted molar refractivity (Wildman–Crippen MR) is 113 cm³/mol. The van der Waals surface area contributed by atoms with Crippen molar-refractivity contribution in [2.24, 2.45) is 7.05 Å². The third-order valence-corrected chi connectivity index (χ3v) is 6.23. The molecular weight excluding hydrogens is 378 g/mol. The highest BCUT2D eigenvalue weighted by Gasteiger charge is 2.24. The Morgan fingerprint density at radius 1 is 1.03 bits per heavy atom. The van der Waals surface area contributed by atoms with E-state index in [0.717, 1.165) is 31.4 Å². The van der Waals surface area contributed by atoms with Crippen molar-refractivity contribution >= 4 is 17.4 Å². The maximum Gasteiger partial charge on any atom is 0.274 e. The summed E-state index contributed by atoms with van der Waals surface area (Å²) in [6.45, 7) is 0. The van der Waals surface area contributed by atoms with E-state index in [1.807, 2.05) is 19.3 Å². The number of H-pyrrole nitrogens is 1. The average Bonchev–Trinajstić information content (AvgIpc) is 3.48. The molecular formula is C22H23N7O. The number of fused-ring (bicyclic) bond motifs is 3. The molecule has 0 saturated heterocycles. The SMILES string of the molecule is Cn1ccc(Cc2cc(=O)n3[nH]c(Nc4c5c(cc6c4CCC6)CCC5)nc3n2)n1. The summed E-state index contributed by atoms with van der Waals surface area (Å²) in [7, 11) is 1.87. The lowest BCUT2D eigenvalue weighted by atomic mass is 9.99. The van der Waals surface area contributed by atoms with Gasteiger partial charge < -0.3 is 5.32 Å². The van der Waals surface area contributed by atoms with Crippen molar-refractivity contribution in [2.45, 2.75) is 44.9 Å². The molecule has 8 heteroatoms. The Morgan fingerprint density at radius 2 is 1.80 bits per heavy atom. The third kappa shape index (κ3) is 2.82. The Labute approximate surface area is 173 Å². The monoisotopic (exact) mass is 401 g/mol. The van der Waals surface area contributed by atoms with Crippen LogP contribution in [0.25, 0.3) is 5.78 Å². The van der Waals surface area contributed by atoms with Gasteiger partial charge in [0, 0.05) is 31.4 Å². The molecule has 6 rings (SSSR count). The molecule has 2 aliphatic rings. The summed E-state index contributed by atoms with van der Waals surface area (Å²) in [6.07, 6.45) is 9.27.